The number of urea groups is 1. The smallest absolute Gasteiger partial charge is 0.426 e. The second kappa shape index (κ2) is 11.3. The standard InChI is InChI=1S/C21H38N4O5/c1-21(2,3)30-19(27)23-25(18(26)22-17-9-7-5-6-8-10-17)15-16-11-13-24(14-12-16)20(28)29-4/h16-17H,5-15H2,1-4H3,(H,22,26)(H,23,27). The van der Waals surface area contributed by atoms with Gasteiger partial charge >= 0.3 is 18.2 Å². The third-order valence-electron chi connectivity index (χ3n) is 5.54. The Morgan fingerprint density at radius 3 is 2.13 bits per heavy atom. The third kappa shape index (κ3) is 8.28. The summed E-state index contributed by atoms with van der Waals surface area (Å²) in [4.78, 5) is 38.6. The molecule has 2 aliphatic rings. The number of hydrazine groups is 1. The number of hydrogen-bond acceptors (Lipinski definition) is 5. The van der Waals surface area contributed by atoms with Crippen molar-refractivity contribution in [2.45, 2.75) is 83.8 Å². The zero-order valence-electron chi connectivity index (χ0n) is 18.9. The van der Waals surface area contributed by atoms with Crippen molar-refractivity contribution in [1.29, 1.82) is 0 Å². The zero-order valence-corrected chi connectivity index (χ0v) is 18.9. The first-order valence-corrected chi connectivity index (χ1v) is 11.1. The second-order valence-electron chi connectivity index (χ2n) is 9.26. The van der Waals surface area contributed by atoms with Gasteiger partial charge < -0.3 is 19.7 Å². The summed E-state index contributed by atoms with van der Waals surface area (Å²) in [6, 6.07) is -0.174. The summed E-state index contributed by atoms with van der Waals surface area (Å²) >= 11 is 0. The summed E-state index contributed by atoms with van der Waals surface area (Å²) in [7, 11) is 1.37. The normalized spacial score (nSPS) is 18.9. The largest absolute Gasteiger partial charge is 0.453 e. The predicted octanol–water partition coefficient (Wildman–Crippen LogP) is 3.64. The summed E-state index contributed by atoms with van der Waals surface area (Å²) in [6.45, 7) is 6.86. The van der Waals surface area contributed by atoms with E-state index in [4.69, 9.17) is 9.47 Å². The van der Waals surface area contributed by atoms with Crippen molar-refractivity contribution in [2.24, 2.45) is 5.92 Å². The first-order chi connectivity index (χ1) is 14.2. The molecule has 172 valence electrons. The van der Waals surface area contributed by atoms with Gasteiger partial charge in [-0.15, -0.1) is 0 Å². The minimum atomic E-state index is -0.653. The number of nitrogens with one attached hydrogen (secondary N) is 2. The number of rotatable bonds is 3. The van der Waals surface area contributed by atoms with E-state index in [1.54, 1.807) is 25.7 Å². The molecule has 9 heteroatoms. The number of likely N-dealkylation sites (tertiary alicyclic amines) is 1. The molecule has 4 amide bonds. The van der Waals surface area contributed by atoms with Crippen LogP contribution < -0.4 is 10.7 Å². The van der Waals surface area contributed by atoms with Crippen LogP contribution >= 0.6 is 0 Å². The molecule has 2 N–H and O–H groups in total. The first-order valence-electron chi connectivity index (χ1n) is 11.1. The van der Waals surface area contributed by atoms with E-state index < -0.39 is 11.7 Å². The van der Waals surface area contributed by atoms with Gasteiger partial charge in [0.1, 0.15) is 5.60 Å². The van der Waals surface area contributed by atoms with Crippen LogP contribution in [0.5, 0.6) is 0 Å². The summed E-state index contributed by atoms with van der Waals surface area (Å²) < 4.78 is 10.1. The Balaban J connectivity index is 1.97. The van der Waals surface area contributed by atoms with Crippen LogP contribution in [0.2, 0.25) is 0 Å². The third-order valence-corrected chi connectivity index (χ3v) is 5.54. The molecule has 0 aromatic heterocycles. The van der Waals surface area contributed by atoms with Crippen LogP contribution in [-0.2, 0) is 9.47 Å². The van der Waals surface area contributed by atoms with Crippen molar-refractivity contribution in [1.82, 2.24) is 20.7 Å². The lowest BCUT2D eigenvalue weighted by Crippen LogP contribution is -2.55. The molecule has 0 atom stereocenters. The van der Waals surface area contributed by atoms with Gasteiger partial charge in [-0.05, 0) is 52.4 Å². The van der Waals surface area contributed by atoms with E-state index >= 15 is 0 Å². The van der Waals surface area contributed by atoms with Gasteiger partial charge in [0.15, 0.2) is 0 Å². The number of carbonyl (C=O) groups is 3. The second-order valence-corrected chi connectivity index (χ2v) is 9.26. The molecular formula is C21H38N4O5. The van der Waals surface area contributed by atoms with Crippen LogP contribution in [0.4, 0.5) is 14.4 Å². The topological polar surface area (TPSA) is 100 Å². The molecule has 1 aliphatic carbocycles. The van der Waals surface area contributed by atoms with E-state index in [9.17, 15) is 14.4 Å². The quantitative estimate of drug-likeness (QED) is 0.530. The van der Waals surface area contributed by atoms with Gasteiger partial charge in [-0.25, -0.2) is 24.8 Å². The van der Waals surface area contributed by atoms with Crippen molar-refractivity contribution in [2.75, 3.05) is 26.7 Å². The summed E-state index contributed by atoms with van der Waals surface area (Å²) in [5.74, 6) is 0.167. The average Bonchev–Trinajstić information content (AvgIpc) is 2.94. The Hall–Kier alpha value is -2.19. The highest BCUT2D eigenvalue weighted by Gasteiger charge is 2.29. The lowest BCUT2D eigenvalue weighted by Gasteiger charge is -2.35. The summed E-state index contributed by atoms with van der Waals surface area (Å²) in [6.07, 6.45) is 7.03. The SMILES string of the molecule is COC(=O)N1CCC(CN(NC(=O)OC(C)(C)C)C(=O)NC2CCCCCC2)CC1. The molecule has 0 bridgehead atoms. The Bertz CT molecular complexity index is 576. The monoisotopic (exact) mass is 426 g/mol. The highest BCUT2D eigenvalue weighted by molar-refractivity contribution is 5.78. The van der Waals surface area contributed by atoms with Gasteiger partial charge in [0.2, 0.25) is 0 Å². The number of carbonyl (C=O) groups excluding carboxylic acids is 3. The number of piperidine rings is 1. The van der Waals surface area contributed by atoms with Crippen LogP contribution in [0.15, 0.2) is 0 Å². The molecule has 0 aromatic carbocycles. The maximum atomic E-state index is 13.0. The molecule has 0 unspecified atom stereocenters. The zero-order chi connectivity index (χ0) is 22.1. The van der Waals surface area contributed by atoms with Crippen LogP contribution in [0.3, 0.4) is 0 Å². The molecule has 1 saturated carbocycles. The highest BCUT2D eigenvalue weighted by Crippen LogP contribution is 2.20. The van der Waals surface area contributed by atoms with Crippen LogP contribution in [0.25, 0.3) is 0 Å². The number of ether oxygens (including phenoxy) is 2. The first kappa shape index (κ1) is 24.1. The number of methoxy groups -OCH3 is 1. The molecule has 1 heterocycles. The maximum absolute atomic E-state index is 13.0. The fourth-order valence-corrected chi connectivity index (χ4v) is 3.95. The minimum Gasteiger partial charge on any atom is -0.453 e. The van der Waals surface area contributed by atoms with E-state index in [2.05, 4.69) is 10.7 Å². The average molecular weight is 427 g/mol. The highest BCUT2D eigenvalue weighted by atomic mass is 16.6. The number of nitrogens with zero attached hydrogens (tertiary/aromatic N) is 2. The molecule has 0 aromatic rings. The van der Waals surface area contributed by atoms with Crippen molar-refractivity contribution in [3.05, 3.63) is 0 Å². The molecule has 1 saturated heterocycles. The Morgan fingerprint density at radius 1 is 1.00 bits per heavy atom. The van der Waals surface area contributed by atoms with Crippen LogP contribution in [0.1, 0.15) is 72.1 Å². The van der Waals surface area contributed by atoms with E-state index in [1.807, 2.05) is 0 Å². The van der Waals surface area contributed by atoms with E-state index in [1.165, 1.54) is 25.0 Å². The van der Waals surface area contributed by atoms with Gasteiger partial charge in [-0.3, -0.25) is 0 Å². The fourth-order valence-electron chi connectivity index (χ4n) is 3.95. The Labute approximate surface area is 179 Å². The van der Waals surface area contributed by atoms with E-state index in [-0.39, 0.29) is 24.1 Å². The molecule has 0 spiro atoms. The summed E-state index contributed by atoms with van der Waals surface area (Å²) in [5.41, 5.74) is 1.97. The Morgan fingerprint density at radius 2 is 1.60 bits per heavy atom. The van der Waals surface area contributed by atoms with Crippen LogP contribution in [-0.4, -0.2) is 66.5 Å². The van der Waals surface area contributed by atoms with Gasteiger partial charge in [0.25, 0.3) is 0 Å². The predicted molar refractivity (Wildman–Crippen MR) is 113 cm³/mol. The molecule has 1 aliphatic heterocycles. The van der Waals surface area contributed by atoms with Crippen molar-refractivity contribution < 1.29 is 23.9 Å². The van der Waals surface area contributed by atoms with Gasteiger partial charge in [0.05, 0.1) is 7.11 Å². The van der Waals surface area contributed by atoms with Crippen molar-refractivity contribution in [3.8, 4) is 0 Å². The van der Waals surface area contributed by atoms with Gasteiger partial charge in [0, 0.05) is 25.7 Å². The lowest BCUT2D eigenvalue weighted by molar-refractivity contribution is 0.0339. The van der Waals surface area contributed by atoms with E-state index in [0.717, 1.165) is 38.5 Å². The molecular weight excluding hydrogens is 388 g/mol. The minimum absolute atomic E-state index is 0.129. The summed E-state index contributed by atoms with van der Waals surface area (Å²) in [5, 5.41) is 4.43. The van der Waals surface area contributed by atoms with E-state index in [0.29, 0.717) is 19.6 Å². The molecule has 2 fully saturated rings. The van der Waals surface area contributed by atoms with Crippen molar-refractivity contribution in [3.63, 3.8) is 0 Å². The molecule has 30 heavy (non-hydrogen) atoms. The lowest BCUT2D eigenvalue weighted by atomic mass is 9.97. The molecule has 9 nitrogen and oxygen atoms in total. The number of hydrogen-bond donors (Lipinski definition) is 2. The number of amides is 4. The van der Waals surface area contributed by atoms with Gasteiger partial charge in [-0.2, -0.15) is 0 Å². The molecule has 2 rings (SSSR count). The Kier molecular flexibility index (Phi) is 9.05. The fraction of sp³-hybridized carbons (Fsp3) is 0.857. The maximum Gasteiger partial charge on any atom is 0.426 e. The van der Waals surface area contributed by atoms with Crippen LogP contribution in [0, 0.1) is 5.92 Å². The van der Waals surface area contributed by atoms with Gasteiger partial charge in [-0.1, -0.05) is 25.7 Å². The molecule has 0 radical (unpaired) electrons. The van der Waals surface area contributed by atoms with Crippen molar-refractivity contribution >= 4 is 18.2 Å².